The summed E-state index contributed by atoms with van der Waals surface area (Å²) in [5.41, 5.74) is 9.44. The number of hydrogen-bond acceptors (Lipinski definition) is 5. The number of aryl methyl sites for hydroxylation is 1. The Kier molecular flexibility index (Phi) is 5.37. The average Bonchev–Trinajstić information content (AvgIpc) is 3.16. The number of anilines is 1. The Morgan fingerprint density at radius 3 is 2.53 bits per heavy atom. The summed E-state index contributed by atoms with van der Waals surface area (Å²) >= 11 is 5.14. The van der Waals surface area contributed by atoms with Crippen molar-refractivity contribution in [2.75, 3.05) is 4.90 Å². The third-order valence-electron chi connectivity index (χ3n) is 5.78. The molecule has 0 amide bonds. The quantitative estimate of drug-likeness (QED) is 0.582. The first-order valence-corrected chi connectivity index (χ1v) is 11.7. The molecular weight excluding hydrogens is 458 g/mol. The van der Waals surface area contributed by atoms with Crippen molar-refractivity contribution in [1.29, 1.82) is 5.26 Å². The molecule has 1 aromatic carbocycles. The first-order chi connectivity index (χ1) is 14.3. The molecule has 2 aromatic rings. The highest BCUT2D eigenvalue weighted by atomic mass is 79.9. The van der Waals surface area contributed by atoms with E-state index >= 15 is 0 Å². The molecule has 2 N–H and O–H groups in total. The minimum absolute atomic E-state index is 0.111. The van der Waals surface area contributed by atoms with Crippen LogP contribution in [-0.2, 0) is 11.2 Å². The summed E-state index contributed by atoms with van der Waals surface area (Å²) in [6.45, 7) is 6.34. The molecule has 6 heteroatoms. The maximum atomic E-state index is 13.4. The molecule has 0 unspecified atom stereocenters. The lowest BCUT2D eigenvalue weighted by Crippen LogP contribution is -2.42. The zero-order valence-electron chi connectivity index (χ0n) is 17.3. The lowest BCUT2D eigenvalue weighted by molar-refractivity contribution is -0.118. The number of carbonyl (C=O) groups excluding carboxylic acids is 1. The predicted molar refractivity (Wildman–Crippen MR) is 125 cm³/mol. The van der Waals surface area contributed by atoms with Crippen LogP contribution in [0.1, 0.15) is 49.3 Å². The van der Waals surface area contributed by atoms with Crippen LogP contribution in [0.4, 0.5) is 5.69 Å². The van der Waals surface area contributed by atoms with Crippen LogP contribution in [0.15, 0.2) is 63.5 Å². The topological polar surface area (TPSA) is 70.1 Å². The molecule has 154 valence electrons. The molecule has 4 nitrogen and oxygen atoms in total. The van der Waals surface area contributed by atoms with Crippen molar-refractivity contribution in [3.8, 4) is 6.07 Å². The van der Waals surface area contributed by atoms with Gasteiger partial charge in [-0.3, -0.25) is 9.69 Å². The Morgan fingerprint density at radius 2 is 1.93 bits per heavy atom. The summed E-state index contributed by atoms with van der Waals surface area (Å²) in [5, 5.41) is 10.1. The zero-order chi connectivity index (χ0) is 21.6. The van der Waals surface area contributed by atoms with Gasteiger partial charge in [0.05, 0.1) is 17.6 Å². The molecular formula is C24H24BrN3OS. The smallest absolute Gasteiger partial charge is 0.162 e. The Bertz CT molecular complexity index is 1120. The minimum atomic E-state index is -0.384. The predicted octanol–water partition coefficient (Wildman–Crippen LogP) is 6.01. The maximum absolute atomic E-state index is 13.4. The highest BCUT2D eigenvalue weighted by Crippen LogP contribution is 2.51. The minimum Gasteiger partial charge on any atom is -0.384 e. The number of rotatable bonds is 3. The van der Waals surface area contributed by atoms with E-state index in [1.54, 1.807) is 11.3 Å². The van der Waals surface area contributed by atoms with Gasteiger partial charge in [0.25, 0.3) is 0 Å². The summed E-state index contributed by atoms with van der Waals surface area (Å²) in [7, 11) is 0. The van der Waals surface area contributed by atoms with E-state index in [1.165, 1.54) is 4.88 Å². The molecule has 2 heterocycles. The average molecular weight is 482 g/mol. The van der Waals surface area contributed by atoms with Crippen LogP contribution >= 0.6 is 27.3 Å². The second kappa shape index (κ2) is 7.72. The van der Waals surface area contributed by atoms with E-state index in [0.29, 0.717) is 17.8 Å². The molecule has 0 saturated heterocycles. The van der Waals surface area contributed by atoms with Gasteiger partial charge in [-0.2, -0.15) is 5.26 Å². The van der Waals surface area contributed by atoms with Crippen LogP contribution in [-0.4, -0.2) is 5.78 Å². The van der Waals surface area contributed by atoms with Crippen LogP contribution in [0.25, 0.3) is 0 Å². The van der Waals surface area contributed by atoms with E-state index in [9.17, 15) is 10.1 Å². The fourth-order valence-electron chi connectivity index (χ4n) is 4.42. The fourth-order valence-corrected chi connectivity index (χ4v) is 5.76. The number of nitriles is 1. The van der Waals surface area contributed by atoms with Gasteiger partial charge in [-0.25, -0.2) is 0 Å². The lowest BCUT2D eigenvalue weighted by atomic mass is 9.69. The van der Waals surface area contributed by atoms with Crippen molar-refractivity contribution in [2.24, 2.45) is 11.1 Å². The van der Waals surface area contributed by atoms with Gasteiger partial charge in [0.2, 0.25) is 0 Å². The van der Waals surface area contributed by atoms with Gasteiger partial charge < -0.3 is 5.73 Å². The Morgan fingerprint density at radius 1 is 1.23 bits per heavy atom. The normalized spacial score (nSPS) is 21.0. The van der Waals surface area contributed by atoms with Crippen molar-refractivity contribution >= 4 is 38.7 Å². The molecule has 4 rings (SSSR count). The number of halogens is 1. The standard InChI is InChI=1S/C24H24BrN3OS/c1-4-16-9-10-20(30-16)21-17(13-26)23(27)28(15-7-5-14(25)6-8-15)18-11-24(2,3)12-19(29)22(18)21/h5-10,21H,4,11-12,27H2,1-3H3/t21-/m0/s1. The van der Waals surface area contributed by atoms with E-state index < -0.39 is 0 Å². The molecule has 0 radical (unpaired) electrons. The molecule has 2 aliphatic rings. The zero-order valence-corrected chi connectivity index (χ0v) is 19.7. The first-order valence-electron chi connectivity index (χ1n) is 10.1. The molecule has 1 aromatic heterocycles. The van der Waals surface area contributed by atoms with Gasteiger partial charge in [0.15, 0.2) is 5.78 Å². The Balaban J connectivity index is 1.97. The van der Waals surface area contributed by atoms with E-state index in [1.807, 2.05) is 35.2 Å². The van der Waals surface area contributed by atoms with Crippen molar-refractivity contribution in [3.05, 3.63) is 73.3 Å². The summed E-state index contributed by atoms with van der Waals surface area (Å²) in [4.78, 5) is 17.6. The molecule has 0 saturated carbocycles. The number of allylic oxidation sites excluding steroid dienone is 3. The molecule has 1 aliphatic carbocycles. The highest BCUT2D eigenvalue weighted by Gasteiger charge is 2.45. The maximum Gasteiger partial charge on any atom is 0.162 e. The molecule has 0 fully saturated rings. The largest absolute Gasteiger partial charge is 0.384 e. The van der Waals surface area contributed by atoms with Gasteiger partial charge in [0, 0.05) is 37.6 Å². The van der Waals surface area contributed by atoms with Crippen molar-refractivity contribution in [2.45, 2.75) is 46.0 Å². The SMILES string of the molecule is CCc1ccc([C@@H]2C(C#N)=C(N)N(c3ccc(Br)cc3)C3=C2C(=O)CC(C)(C)C3)s1. The van der Waals surface area contributed by atoms with E-state index in [2.05, 4.69) is 48.8 Å². The van der Waals surface area contributed by atoms with Crippen LogP contribution < -0.4 is 10.6 Å². The lowest BCUT2D eigenvalue weighted by Gasteiger charge is -2.43. The number of nitrogens with two attached hydrogens (primary N) is 1. The number of thiophene rings is 1. The molecule has 0 bridgehead atoms. The third kappa shape index (κ3) is 3.51. The van der Waals surface area contributed by atoms with Gasteiger partial charge in [0.1, 0.15) is 5.82 Å². The molecule has 30 heavy (non-hydrogen) atoms. The number of nitrogens with zero attached hydrogens (tertiary/aromatic N) is 2. The van der Waals surface area contributed by atoms with Gasteiger partial charge in [-0.05, 0) is 54.7 Å². The summed E-state index contributed by atoms with van der Waals surface area (Å²) in [5.74, 6) is 0.145. The van der Waals surface area contributed by atoms with Crippen LogP contribution in [0.2, 0.25) is 0 Å². The molecule has 1 atom stereocenters. The van der Waals surface area contributed by atoms with Crippen LogP contribution in [0.5, 0.6) is 0 Å². The summed E-state index contributed by atoms with van der Waals surface area (Å²) < 4.78 is 0.962. The van der Waals surface area contributed by atoms with Gasteiger partial charge >= 0.3 is 0 Å². The monoisotopic (exact) mass is 481 g/mol. The highest BCUT2D eigenvalue weighted by molar-refractivity contribution is 9.10. The number of hydrogen-bond donors (Lipinski definition) is 1. The van der Waals surface area contributed by atoms with E-state index in [0.717, 1.165) is 39.1 Å². The number of benzene rings is 1. The third-order valence-corrected chi connectivity index (χ3v) is 7.60. The number of Topliss-reactive ketones (excluding diaryl/α,β-unsaturated/α-hetero) is 1. The summed E-state index contributed by atoms with van der Waals surface area (Å²) in [6, 6.07) is 14.3. The fraction of sp³-hybridized carbons (Fsp3) is 0.333. The Hall–Kier alpha value is -2.36. The van der Waals surface area contributed by atoms with E-state index in [4.69, 9.17) is 5.73 Å². The molecule has 1 aliphatic heterocycles. The second-order valence-electron chi connectivity index (χ2n) is 8.61. The van der Waals surface area contributed by atoms with Crippen LogP contribution in [0.3, 0.4) is 0 Å². The van der Waals surface area contributed by atoms with Crippen molar-refractivity contribution in [1.82, 2.24) is 0 Å². The van der Waals surface area contributed by atoms with Crippen molar-refractivity contribution in [3.63, 3.8) is 0 Å². The van der Waals surface area contributed by atoms with Crippen molar-refractivity contribution < 1.29 is 4.79 Å². The van der Waals surface area contributed by atoms with Gasteiger partial charge in [-0.1, -0.05) is 36.7 Å². The van der Waals surface area contributed by atoms with Crippen LogP contribution in [0, 0.1) is 16.7 Å². The number of ketones is 1. The van der Waals surface area contributed by atoms with Gasteiger partial charge in [-0.15, -0.1) is 11.3 Å². The Labute approximate surface area is 189 Å². The van der Waals surface area contributed by atoms with E-state index in [-0.39, 0.29) is 17.1 Å². The second-order valence-corrected chi connectivity index (χ2v) is 10.7. The summed E-state index contributed by atoms with van der Waals surface area (Å²) in [6.07, 6.45) is 2.13. The first kappa shape index (κ1) is 20.9. The molecule has 0 spiro atoms. The number of carbonyl (C=O) groups is 1.